The van der Waals surface area contributed by atoms with Gasteiger partial charge in [0.2, 0.25) is 0 Å². The lowest BCUT2D eigenvalue weighted by Gasteiger charge is -2.22. The van der Waals surface area contributed by atoms with Crippen molar-refractivity contribution >= 4 is 11.6 Å². The minimum atomic E-state index is -0.151. The minimum absolute atomic E-state index is 0.151. The summed E-state index contributed by atoms with van der Waals surface area (Å²) in [6.45, 7) is 3.78. The van der Waals surface area contributed by atoms with Crippen LogP contribution in [0.4, 0.5) is 5.69 Å². The highest BCUT2D eigenvalue weighted by Crippen LogP contribution is 2.26. The molecular formula is C16H24N2O3. The Kier molecular flexibility index (Phi) is 5.87. The molecule has 1 aliphatic rings. The van der Waals surface area contributed by atoms with Gasteiger partial charge in [-0.2, -0.15) is 0 Å². The summed E-state index contributed by atoms with van der Waals surface area (Å²) in [4.78, 5) is 12.2. The van der Waals surface area contributed by atoms with Crippen molar-refractivity contribution in [2.24, 2.45) is 0 Å². The average molecular weight is 292 g/mol. The quantitative estimate of drug-likeness (QED) is 0.789. The van der Waals surface area contributed by atoms with E-state index in [4.69, 9.17) is 15.2 Å². The van der Waals surface area contributed by atoms with Crippen LogP contribution >= 0.6 is 0 Å². The highest BCUT2D eigenvalue weighted by Gasteiger charge is 2.17. The lowest BCUT2D eigenvalue weighted by atomic mass is 10.1. The van der Waals surface area contributed by atoms with Crippen molar-refractivity contribution < 1.29 is 14.3 Å². The maximum atomic E-state index is 12.2. The highest BCUT2D eigenvalue weighted by atomic mass is 16.5. The Bertz CT molecular complexity index is 471. The van der Waals surface area contributed by atoms with E-state index in [0.29, 0.717) is 30.2 Å². The molecule has 1 atom stereocenters. The summed E-state index contributed by atoms with van der Waals surface area (Å²) in [5.74, 6) is 0.313. The van der Waals surface area contributed by atoms with Gasteiger partial charge in [-0.3, -0.25) is 4.79 Å². The van der Waals surface area contributed by atoms with Crippen LogP contribution in [-0.2, 0) is 4.74 Å². The Hall–Kier alpha value is -1.75. The molecule has 1 aromatic carbocycles. The number of hydrogen-bond acceptors (Lipinski definition) is 4. The van der Waals surface area contributed by atoms with Crippen LogP contribution < -0.4 is 15.8 Å². The number of hydrogen-bond donors (Lipinski definition) is 2. The SMILES string of the molecule is CCOc1c(N)cccc1C(=O)NCCC1CCCCO1. The second-order valence-corrected chi connectivity index (χ2v) is 5.19. The van der Waals surface area contributed by atoms with Crippen molar-refractivity contribution in [1.29, 1.82) is 0 Å². The molecule has 1 unspecified atom stereocenters. The largest absolute Gasteiger partial charge is 0.491 e. The zero-order valence-corrected chi connectivity index (χ0v) is 12.6. The van der Waals surface area contributed by atoms with E-state index in [9.17, 15) is 4.79 Å². The molecule has 0 aliphatic carbocycles. The Labute approximate surface area is 125 Å². The summed E-state index contributed by atoms with van der Waals surface area (Å²) < 4.78 is 11.1. The molecule has 0 aromatic heterocycles. The molecule has 1 heterocycles. The van der Waals surface area contributed by atoms with E-state index in [1.54, 1.807) is 18.2 Å². The van der Waals surface area contributed by atoms with Gasteiger partial charge in [0.25, 0.3) is 5.91 Å². The first kappa shape index (κ1) is 15.6. The zero-order chi connectivity index (χ0) is 15.1. The van der Waals surface area contributed by atoms with Gasteiger partial charge in [0.15, 0.2) is 5.75 Å². The molecule has 1 amide bonds. The van der Waals surface area contributed by atoms with Crippen LogP contribution in [0.5, 0.6) is 5.75 Å². The van der Waals surface area contributed by atoms with Gasteiger partial charge in [0.05, 0.1) is 24.0 Å². The van der Waals surface area contributed by atoms with Gasteiger partial charge >= 0.3 is 0 Å². The first-order valence-corrected chi connectivity index (χ1v) is 7.63. The number of nitrogens with two attached hydrogens (primary N) is 1. The van der Waals surface area contributed by atoms with Crippen LogP contribution in [-0.4, -0.2) is 31.8 Å². The molecule has 1 aliphatic heterocycles. The first-order chi connectivity index (χ1) is 10.2. The summed E-state index contributed by atoms with van der Waals surface area (Å²) in [6.07, 6.45) is 4.55. The summed E-state index contributed by atoms with van der Waals surface area (Å²) >= 11 is 0. The Balaban J connectivity index is 1.89. The van der Waals surface area contributed by atoms with Crippen molar-refractivity contribution in [2.75, 3.05) is 25.5 Å². The van der Waals surface area contributed by atoms with Crippen LogP contribution in [0.3, 0.4) is 0 Å². The van der Waals surface area contributed by atoms with Crippen molar-refractivity contribution in [3.63, 3.8) is 0 Å². The number of rotatable bonds is 6. The molecule has 1 aromatic rings. The van der Waals surface area contributed by atoms with E-state index >= 15 is 0 Å². The van der Waals surface area contributed by atoms with Crippen LogP contribution in [0.25, 0.3) is 0 Å². The third-order valence-corrected chi connectivity index (χ3v) is 3.60. The van der Waals surface area contributed by atoms with Gasteiger partial charge in [-0.1, -0.05) is 6.07 Å². The van der Waals surface area contributed by atoms with Crippen LogP contribution in [0.15, 0.2) is 18.2 Å². The number of carbonyl (C=O) groups is 1. The molecule has 1 fully saturated rings. The van der Waals surface area contributed by atoms with Gasteiger partial charge in [0, 0.05) is 13.2 Å². The Morgan fingerprint density at radius 2 is 2.33 bits per heavy atom. The fourth-order valence-electron chi connectivity index (χ4n) is 2.52. The van der Waals surface area contributed by atoms with E-state index in [0.717, 1.165) is 25.9 Å². The Morgan fingerprint density at radius 3 is 3.05 bits per heavy atom. The number of benzene rings is 1. The normalized spacial score (nSPS) is 18.2. The van der Waals surface area contributed by atoms with Gasteiger partial charge < -0.3 is 20.5 Å². The number of nitrogen functional groups attached to an aromatic ring is 1. The van der Waals surface area contributed by atoms with Crippen LogP contribution in [0.2, 0.25) is 0 Å². The number of carbonyl (C=O) groups excluding carboxylic acids is 1. The van der Waals surface area contributed by atoms with Crippen LogP contribution in [0, 0.1) is 0 Å². The molecule has 2 rings (SSSR count). The van der Waals surface area contributed by atoms with Crippen molar-refractivity contribution in [3.05, 3.63) is 23.8 Å². The number of anilines is 1. The highest BCUT2D eigenvalue weighted by molar-refractivity contribution is 5.98. The second-order valence-electron chi connectivity index (χ2n) is 5.19. The first-order valence-electron chi connectivity index (χ1n) is 7.63. The van der Waals surface area contributed by atoms with Gasteiger partial charge in [-0.25, -0.2) is 0 Å². The lowest BCUT2D eigenvalue weighted by molar-refractivity contribution is 0.0117. The van der Waals surface area contributed by atoms with Gasteiger partial charge in [0.1, 0.15) is 0 Å². The topological polar surface area (TPSA) is 73.6 Å². The van der Waals surface area contributed by atoms with E-state index < -0.39 is 0 Å². The smallest absolute Gasteiger partial charge is 0.255 e. The fraction of sp³-hybridized carbons (Fsp3) is 0.562. The van der Waals surface area contributed by atoms with Gasteiger partial charge in [-0.05, 0) is 44.7 Å². The average Bonchev–Trinajstić information content (AvgIpc) is 2.50. The summed E-state index contributed by atoms with van der Waals surface area (Å²) in [5, 5.41) is 2.92. The molecule has 0 saturated carbocycles. The third kappa shape index (κ3) is 4.36. The maximum Gasteiger partial charge on any atom is 0.255 e. The van der Waals surface area contributed by atoms with E-state index in [1.807, 2.05) is 6.92 Å². The maximum absolute atomic E-state index is 12.2. The number of ether oxygens (including phenoxy) is 2. The molecule has 1 saturated heterocycles. The molecule has 3 N–H and O–H groups in total. The fourth-order valence-corrected chi connectivity index (χ4v) is 2.52. The van der Waals surface area contributed by atoms with E-state index in [1.165, 1.54) is 6.42 Å². The molecule has 21 heavy (non-hydrogen) atoms. The minimum Gasteiger partial charge on any atom is -0.491 e. The standard InChI is InChI=1S/C16H24N2O3/c1-2-20-15-13(7-5-8-14(15)17)16(19)18-10-9-12-6-3-4-11-21-12/h5,7-8,12H,2-4,6,9-11,17H2,1H3,(H,18,19). The molecule has 5 heteroatoms. The Morgan fingerprint density at radius 1 is 1.48 bits per heavy atom. The monoisotopic (exact) mass is 292 g/mol. The molecule has 0 bridgehead atoms. The third-order valence-electron chi connectivity index (χ3n) is 3.60. The predicted molar refractivity (Wildman–Crippen MR) is 82.6 cm³/mol. The summed E-state index contributed by atoms with van der Waals surface area (Å²) in [5.41, 5.74) is 6.84. The molecule has 0 radical (unpaired) electrons. The van der Waals surface area contributed by atoms with E-state index in [-0.39, 0.29) is 12.0 Å². The molecule has 0 spiro atoms. The van der Waals surface area contributed by atoms with E-state index in [2.05, 4.69) is 5.32 Å². The predicted octanol–water partition coefficient (Wildman–Crippen LogP) is 2.36. The number of amides is 1. The lowest BCUT2D eigenvalue weighted by Crippen LogP contribution is -2.29. The molecule has 5 nitrogen and oxygen atoms in total. The number of para-hydroxylation sites is 1. The van der Waals surface area contributed by atoms with Crippen molar-refractivity contribution in [1.82, 2.24) is 5.32 Å². The zero-order valence-electron chi connectivity index (χ0n) is 12.6. The number of nitrogens with one attached hydrogen (secondary N) is 1. The summed E-state index contributed by atoms with van der Waals surface area (Å²) in [6, 6.07) is 5.22. The second kappa shape index (κ2) is 7.88. The van der Waals surface area contributed by atoms with Crippen molar-refractivity contribution in [3.8, 4) is 5.75 Å². The van der Waals surface area contributed by atoms with Gasteiger partial charge in [-0.15, -0.1) is 0 Å². The van der Waals surface area contributed by atoms with Crippen LogP contribution in [0.1, 0.15) is 43.0 Å². The molecule has 116 valence electrons. The summed E-state index contributed by atoms with van der Waals surface area (Å²) in [7, 11) is 0. The molecular weight excluding hydrogens is 268 g/mol. The van der Waals surface area contributed by atoms with Crippen molar-refractivity contribution in [2.45, 2.75) is 38.7 Å².